The summed E-state index contributed by atoms with van der Waals surface area (Å²) < 4.78 is 5.36. The van der Waals surface area contributed by atoms with Gasteiger partial charge in [-0.15, -0.1) is 0 Å². The van der Waals surface area contributed by atoms with Crippen molar-refractivity contribution in [3.8, 4) is 11.3 Å². The van der Waals surface area contributed by atoms with Crippen LogP contribution in [0.25, 0.3) is 11.3 Å². The summed E-state index contributed by atoms with van der Waals surface area (Å²) in [5.41, 5.74) is 2.39. The highest BCUT2D eigenvalue weighted by atomic mass is 16.5. The molecule has 8 nitrogen and oxygen atoms in total. The summed E-state index contributed by atoms with van der Waals surface area (Å²) in [6.45, 7) is 3.34. The normalized spacial score (nSPS) is 15.2. The van der Waals surface area contributed by atoms with Gasteiger partial charge >= 0.3 is 0 Å². The number of rotatable bonds is 6. The first-order valence-corrected chi connectivity index (χ1v) is 9.23. The zero-order valence-corrected chi connectivity index (χ0v) is 15.4. The summed E-state index contributed by atoms with van der Waals surface area (Å²) >= 11 is 0. The van der Waals surface area contributed by atoms with Gasteiger partial charge in [0.2, 0.25) is 5.95 Å². The third-order valence-corrected chi connectivity index (χ3v) is 4.56. The Morgan fingerprint density at radius 3 is 2.54 bits per heavy atom. The molecule has 1 atom stereocenters. The number of benzene rings is 1. The predicted molar refractivity (Wildman–Crippen MR) is 106 cm³/mol. The largest absolute Gasteiger partial charge is 0.387 e. The molecule has 1 aliphatic heterocycles. The molecule has 2 aromatic heterocycles. The van der Waals surface area contributed by atoms with E-state index >= 15 is 0 Å². The van der Waals surface area contributed by atoms with Crippen molar-refractivity contribution in [3.05, 3.63) is 60.7 Å². The van der Waals surface area contributed by atoms with E-state index in [0.717, 1.165) is 29.9 Å². The number of hydrogen-bond acceptors (Lipinski definition) is 8. The molecular weight excluding hydrogens is 356 g/mol. The molecule has 1 aliphatic rings. The zero-order valence-electron chi connectivity index (χ0n) is 15.4. The van der Waals surface area contributed by atoms with Gasteiger partial charge in [0.1, 0.15) is 12.1 Å². The van der Waals surface area contributed by atoms with E-state index in [1.165, 1.54) is 6.33 Å². The third kappa shape index (κ3) is 4.41. The maximum Gasteiger partial charge on any atom is 0.225 e. The summed E-state index contributed by atoms with van der Waals surface area (Å²) in [4.78, 5) is 19.6. The molecule has 0 radical (unpaired) electrons. The molecule has 28 heavy (non-hydrogen) atoms. The van der Waals surface area contributed by atoms with Gasteiger partial charge in [-0.25, -0.2) is 19.9 Å². The average molecular weight is 378 g/mol. The van der Waals surface area contributed by atoms with Crippen molar-refractivity contribution in [2.24, 2.45) is 0 Å². The van der Waals surface area contributed by atoms with Gasteiger partial charge in [0.05, 0.1) is 25.0 Å². The van der Waals surface area contributed by atoms with Gasteiger partial charge in [-0.3, -0.25) is 0 Å². The van der Waals surface area contributed by atoms with Crippen molar-refractivity contribution in [2.45, 2.75) is 6.10 Å². The molecule has 1 aromatic carbocycles. The second kappa shape index (κ2) is 8.73. The van der Waals surface area contributed by atoms with Crippen LogP contribution < -0.4 is 10.2 Å². The van der Waals surface area contributed by atoms with Crippen LogP contribution >= 0.6 is 0 Å². The first kappa shape index (κ1) is 18.3. The number of hydrogen-bond donors (Lipinski definition) is 2. The van der Waals surface area contributed by atoms with Crippen molar-refractivity contribution in [1.82, 2.24) is 19.9 Å². The van der Waals surface area contributed by atoms with Crippen LogP contribution in [-0.4, -0.2) is 57.9 Å². The van der Waals surface area contributed by atoms with E-state index in [4.69, 9.17) is 4.74 Å². The fraction of sp³-hybridized carbons (Fsp3) is 0.300. The molecule has 3 heterocycles. The molecule has 2 N–H and O–H groups in total. The minimum absolute atomic E-state index is 0.354. The fourth-order valence-corrected chi connectivity index (χ4v) is 2.99. The summed E-state index contributed by atoms with van der Waals surface area (Å²) in [7, 11) is 0. The summed E-state index contributed by atoms with van der Waals surface area (Å²) in [5, 5.41) is 13.4. The van der Waals surface area contributed by atoms with Crippen molar-refractivity contribution in [1.29, 1.82) is 0 Å². The molecule has 0 saturated carbocycles. The van der Waals surface area contributed by atoms with Crippen LogP contribution in [0.3, 0.4) is 0 Å². The lowest BCUT2D eigenvalue weighted by atomic mass is 10.1. The van der Waals surface area contributed by atoms with Crippen molar-refractivity contribution in [3.63, 3.8) is 0 Å². The zero-order chi connectivity index (χ0) is 19.2. The maximum absolute atomic E-state index is 10.3. The van der Waals surface area contributed by atoms with E-state index in [2.05, 4.69) is 30.2 Å². The fourth-order valence-electron chi connectivity index (χ4n) is 2.99. The number of anilines is 2. The van der Waals surface area contributed by atoms with Crippen LogP contribution in [0.4, 0.5) is 11.8 Å². The molecule has 3 aromatic rings. The Kier molecular flexibility index (Phi) is 5.69. The SMILES string of the molecule is O[C@@H](CNc1cc(-c2cnc(N3CCOCC3)nc2)ncn1)c1ccccc1. The number of aliphatic hydroxyl groups excluding tert-OH is 1. The van der Waals surface area contributed by atoms with E-state index in [1.807, 2.05) is 36.4 Å². The lowest BCUT2D eigenvalue weighted by molar-refractivity contribution is 0.122. The van der Waals surface area contributed by atoms with Crippen molar-refractivity contribution < 1.29 is 9.84 Å². The van der Waals surface area contributed by atoms with Crippen LogP contribution in [0, 0.1) is 0 Å². The Morgan fingerprint density at radius 1 is 1.04 bits per heavy atom. The quantitative estimate of drug-likeness (QED) is 0.672. The summed E-state index contributed by atoms with van der Waals surface area (Å²) in [6.07, 6.45) is 4.41. The Morgan fingerprint density at radius 2 is 1.79 bits per heavy atom. The molecular formula is C20H22N6O2. The van der Waals surface area contributed by atoms with E-state index in [1.54, 1.807) is 12.4 Å². The van der Waals surface area contributed by atoms with Gasteiger partial charge in [0.25, 0.3) is 0 Å². The van der Waals surface area contributed by atoms with Gasteiger partial charge in [-0.05, 0) is 5.56 Å². The van der Waals surface area contributed by atoms with Crippen LogP contribution in [0.2, 0.25) is 0 Å². The highest BCUT2D eigenvalue weighted by Gasteiger charge is 2.14. The van der Waals surface area contributed by atoms with Gasteiger partial charge < -0.3 is 20.1 Å². The third-order valence-electron chi connectivity index (χ3n) is 4.56. The Balaban J connectivity index is 1.41. The van der Waals surface area contributed by atoms with E-state index < -0.39 is 6.10 Å². The second-order valence-corrected chi connectivity index (χ2v) is 6.47. The molecule has 1 saturated heterocycles. The molecule has 8 heteroatoms. The number of morpholine rings is 1. The number of aliphatic hydroxyl groups is 1. The summed E-state index contributed by atoms with van der Waals surface area (Å²) in [5.74, 6) is 1.34. The molecule has 0 amide bonds. The molecule has 4 rings (SSSR count). The number of ether oxygens (including phenoxy) is 1. The van der Waals surface area contributed by atoms with Crippen LogP contribution in [0.15, 0.2) is 55.1 Å². The number of nitrogens with zero attached hydrogens (tertiary/aromatic N) is 5. The topological polar surface area (TPSA) is 96.3 Å². The Bertz CT molecular complexity index is 885. The van der Waals surface area contributed by atoms with Crippen LogP contribution in [-0.2, 0) is 4.74 Å². The molecule has 0 bridgehead atoms. The second-order valence-electron chi connectivity index (χ2n) is 6.47. The molecule has 1 fully saturated rings. The van der Waals surface area contributed by atoms with Gasteiger partial charge in [0, 0.05) is 43.7 Å². The lowest BCUT2D eigenvalue weighted by Crippen LogP contribution is -2.37. The van der Waals surface area contributed by atoms with Gasteiger partial charge in [-0.2, -0.15) is 0 Å². The van der Waals surface area contributed by atoms with Gasteiger partial charge in [0.15, 0.2) is 0 Å². The highest BCUT2D eigenvalue weighted by Crippen LogP contribution is 2.20. The first-order chi connectivity index (χ1) is 13.8. The molecule has 0 unspecified atom stereocenters. The standard InChI is InChI=1S/C20H22N6O2/c27-18(15-4-2-1-3-5-15)13-21-19-10-17(24-14-25-19)16-11-22-20(23-12-16)26-6-8-28-9-7-26/h1-5,10-12,14,18,27H,6-9,13H2,(H,21,24,25)/t18-/m0/s1. The molecule has 0 spiro atoms. The molecule has 144 valence electrons. The summed E-state index contributed by atoms with van der Waals surface area (Å²) in [6, 6.07) is 11.3. The number of nitrogens with one attached hydrogen (secondary N) is 1. The van der Waals surface area contributed by atoms with E-state index in [0.29, 0.717) is 31.5 Å². The number of aromatic nitrogens is 4. The van der Waals surface area contributed by atoms with E-state index in [9.17, 15) is 5.11 Å². The minimum Gasteiger partial charge on any atom is -0.387 e. The Hall–Kier alpha value is -3.10. The smallest absolute Gasteiger partial charge is 0.225 e. The Labute approximate surface area is 163 Å². The average Bonchev–Trinajstić information content (AvgIpc) is 2.79. The first-order valence-electron chi connectivity index (χ1n) is 9.23. The van der Waals surface area contributed by atoms with Crippen molar-refractivity contribution in [2.75, 3.05) is 43.1 Å². The minimum atomic E-state index is -0.615. The van der Waals surface area contributed by atoms with Crippen molar-refractivity contribution >= 4 is 11.8 Å². The van der Waals surface area contributed by atoms with Crippen LogP contribution in [0.1, 0.15) is 11.7 Å². The lowest BCUT2D eigenvalue weighted by Gasteiger charge is -2.26. The van der Waals surface area contributed by atoms with Gasteiger partial charge in [-0.1, -0.05) is 30.3 Å². The maximum atomic E-state index is 10.3. The monoisotopic (exact) mass is 378 g/mol. The molecule has 0 aliphatic carbocycles. The van der Waals surface area contributed by atoms with Crippen LogP contribution in [0.5, 0.6) is 0 Å². The predicted octanol–water partition coefficient (Wildman–Crippen LogP) is 1.92. The highest BCUT2D eigenvalue weighted by molar-refractivity contribution is 5.61. The van der Waals surface area contributed by atoms with E-state index in [-0.39, 0.29) is 0 Å².